The molecular weight excluding hydrogens is 226 g/mol. The smallest absolute Gasteiger partial charge is 0.320 e. The number of carbonyl (C=O) groups is 2. The van der Waals surface area contributed by atoms with E-state index in [1.807, 2.05) is 6.07 Å². The van der Waals surface area contributed by atoms with Crippen LogP contribution in [0.5, 0.6) is 0 Å². The lowest BCUT2D eigenvalue weighted by Gasteiger charge is -2.04. The lowest BCUT2D eigenvalue weighted by Crippen LogP contribution is -2.30. The van der Waals surface area contributed by atoms with Crippen LogP contribution in [0.1, 0.15) is 16.8 Å². The standard InChI is InChI=1S/C11H13NO3S/c12-9(10(13)14)6-7-16-11(15)8-4-2-1-3-5-8/h1-5,9H,6-7,12H2,(H,13,14). The van der Waals surface area contributed by atoms with Crippen molar-refractivity contribution in [2.24, 2.45) is 5.73 Å². The number of hydrogen-bond acceptors (Lipinski definition) is 4. The summed E-state index contributed by atoms with van der Waals surface area (Å²) in [6.45, 7) is 0. The Morgan fingerprint density at radius 3 is 2.50 bits per heavy atom. The van der Waals surface area contributed by atoms with Crippen molar-refractivity contribution in [3.05, 3.63) is 35.9 Å². The van der Waals surface area contributed by atoms with Crippen molar-refractivity contribution >= 4 is 22.8 Å². The average Bonchev–Trinajstić information content (AvgIpc) is 2.29. The van der Waals surface area contributed by atoms with Crippen molar-refractivity contribution in [2.45, 2.75) is 12.5 Å². The Bertz CT molecular complexity index is 367. The number of carboxylic acid groups (broad SMARTS) is 1. The number of carboxylic acids is 1. The molecule has 0 aliphatic heterocycles. The van der Waals surface area contributed by atoms with Gasteiger partial charge in [0.25, 0.3) is 0 Å². The van der Waals surface area contributed by atoms with Crippen LogP contribution in [0.25, 0.3) is 0 Å². The highest BCUT2D eigenvalue weighted by Crippen LogP contribution is 2.13. The molecule has 5 heteroatoms. The highest BCUT2D eigenvalue weighted by molar-refractivity contribution is 8.14. The van der Waals surface area contributed by atoms with E-state index in [0.717, 1.165) is 11.8 Å². The first-order valence-corrected chi connectivity index (χ1v) is 5.80. The van der Waals surface area contributed by atoms with E-state index >= 15 is 0 Å². The zero-order valence-electron chi connectivity index (χ0n) is 8.63. The summed E-state index contributed by atoms with van der Waals surface area (Å²) in [5.74, 6) is -0.617. The number of hydrogen-bond donors (Lipinski definition) is 2. The van der Waals surface area contributed by atoms with Gasteiger partial charge in [-0.2, -0.15) is 0 Å². The third-order valence-corrected chi connectivity index (χ3v) is 2.93. The predicted octanol–water partition coefficient (Wildman–Crippen LogP) is 1.36. The number of rotatable bonds is 5. The van der Waals surface area contributed by atoms with E-state index in [4.69, 9.17) is 10.8 Å². The Morgan fingerprint density at radius 1 is 1.31 bits per heavy atom. The molecule has 3 N–H and O–H groups in total. The van der Waals surface area contributed by atoms with Crippen LogP contribution in [0.3, 0.4) is 0 Å². The van der Waals surface area contributed by atoms with E-state index in [-0.39, 0.29) is 5.12 Å². The molecule has 1 rings (SSSR count). The highest BCUT2D eigenvalue weighted by atomic mass is 32.2. The van der Waals surface area contributed by atoms with Crippen molar-refractivity contribution in [2.75, 3.05) is 5.75 Å². The van der Waals surface area contributed by atoms with Gasteiger partial charge in [0, 0.05) is 11.3 Å². The van der Waals surface area contributed by atoms with Gasteiger partial charge in [-0.1, -0.05) is 42.1 Å². The largest absolute Gasteiger partial charge is 0.480 e. The van der Waals surface area contributed by atoms with Crippen LogP contribution < -0.4 is 5.73 Å². The van der Waals surface area contributed by atoms with Crippen LogP contribution in [0, 0.1) is 0 Å². The van der Waals surface area contributed by atoms with Gasteiger partial charge in [-0.3, -0.25) is 9.59 Å². The van der Waals surface area contributed by atoms with Crippen LogP contribution in [-0.2, 0) is 4.79 Å². The van der Waals surface area contributed by atoms with E-state index in [1.165, 1.54) is 0 Å². The molecule has 1 unspecified atom stereocenters. The Morgan fingerprint density at radius 2 is 1.94 bits per heavy atom. The fraction of sp³-hybridized carbons (Fsp3) is 0.273. The first-order valence-electron chi connectivity index (χ1n) is 4.82. The Hall–Kier alpha value is -1.33. The maximum atomic E-state index is 11.6. The van der Waals surface area contributed by atoms with Gasteiger partial charge < -0.3 is 10.8 Å². The Balaban J connectivity index is 2.34. The third-order valence-electron chi connectivity index (χ3n) is 1.99. The van der Waals surface area contributed by atoms with Gasteiger partial charge in [0.1, 0.15) is 6.04 Å². The zero-order chi connectivity index (χ0) is 12.0. The minimum absolute atomic E-state index is 0.0572. The molecule has 0 radical (unpaired) electrons. The van der Waals surface area contributed by atoms with E-state index in [2.05, 4.69) is 0 Å². The Kier molecular flexibility index (Phi) is 5.01. The predicted molar refractivity (Wildman–Crippen MR) is 63.5 cm³/mol. The maximum Gasteiger partial charge on any atom is 0.320 e. The summed E-state index contributed by atoms with van der Waals surface area (Å²) in [6.07, 6.45) is 0.290. The topological polar surface area (TPSA) is 80.4 Å². The number of aliphatic carboxylic acids is 1. The molecule has 0 saturated carbocycles. The molecule has 1 aromatic carbocycles. The zero-order valence-corrected chi connectivity index (χ0v) is 9.44. The molecule has 0 fully saturated rings. The molecule has 0 aromatic heterocycles. The van der Waals surface area contributed by atoms with E-state index in [9.17, 15) is 9.59 Å². The van der Waals surface area contributed by atoms with Gasteiger partial charge in [0.05, 0.1) is 0 Å². The van der Waals surface area contributed by atoms with Crippen LogP contribution in [0.4, 0.5) is 0 Å². The fourth-order valence-corrected chi connectivity index (χ4v) is 1.92. The number of thioether (sulfide) groups is 1. The van der Waals surface area contributed by atoms with Gasteiger partial charge >= 0.3 is 5.97 Å². The first-order chi connectivity index (χ1) is 7.61. The number of carbonyl (C=O) groups excluding carboxylic acids is 1. The molecule has 0 aliphatic carbocycles. The lowest BCUT2D eigenvalue weighted by atomic mass is 10.2. The summed E-state index contributed by atoms with van der Waals surface area (Å²) >= 11 is 1.09. The maximum absolute atomic E-state index is 11.6. The minimum Gasteiger partial charge on any atom is -0.480 e. The average molecular weight is 239 g/mol. The molecule has 0 aliphatic rings. The fourth-order valence-electron chi connectivity index (χ4n) is 1.06. The molecule has 1 aromatic rings. The van der Waals surface area contributed by atoms with Crippen molar-refractivity contribution < 1.29 is 14.7 Å². The van der Waals surface area contributed by atoms with Crippen LogP contribution in [0.2, 0.25) is 0 Å². The molecular formula is C11H13NO3S. The Labute approximate surface area is 97.8 Å². The summed E-state index contributed by atoms with van der Waals surface area (Å²) in [7, 11) is 0. The molecule has 0 bridgehead atoms. The van der Waals surface area contributed by atoms with Crippen molar-refractivity contribution in [1.29, 1.82) is 0 Å². The molecule has 16 heavy (non-hydrogen) atoms. The SMILES string of the molecule is NC(CCSC(=O)c1ccccc1)C(=O)O. The molecule has 0 spiro atoms. The van der Waals surface area contributed by atoms with E-state index in [1.54, 1.807) is 24.3 Å². The van der Waals surface area contributed by atoms with Crippen molar-refractivity contribution in [3.8, 4) is 0 Å². The first kappa shape index (κ1) is 12.7. The number of nitrogens with two attached hydrogens (primary N) is 1. The second-order valence-electron chi connectivity index (χ2n) is 3.24. The normalized spacial score (nSPS) is 12.1. The summed E-state index contributed by atoms with van der Waals surface area (Å²) in [5, 5.41) is 8.49. The minimum atomic E-state index is -1.03. The third kappa shape index (κ3) is 4.04. The quantitative estimate of drug-likeness (QED) is 0.811. The van der Waals surface area contributed by atoms with Crippen molar-refractivity contribution in [3.63, 3.8) is 0 Å². The van der Waals surface area contributed by atoms with Crippen LogP contribution in [0.15, 0.2) is 30.3 Å². The molecule has 0 heterocycles. The summed E-state index contributed by atoms with van der Waals surface area (Å²) in [5.41, 5.74) is 5.94. The second kappa shape index (κ2) is 6.30. The molecule has 4 nitrogen and oxygen atoms in total. The van der Waals surface area contributed by atoms with Gasteiger partial charge in [-0.25, -0.2) is 0 Å². The van der Waals surface area contributed by atoms with Gasteiger partial charge in [0.2, 0.25) is 5.12 Å². The van der Waals surface area contributed by atoms with Gasteiger partial charge in [0.15, 0.2) is 0 Å². The van der Waals surface area contributed by atoms with Crippen LogP contribution >= 0.6 is 11.8 Å². The van der Waals surface area contributed by atoms with Gasteiger partial charge in [-0.15, -0.1) is 0 Å². The summed E-state index contributed by atoms with van der Waals surface area (Å²) in [4.78, 5) is 22.0. The van der Waals surface area contributed by atoms with E-state index < -0.39 is 12.0 Å². The molecule has 86 valence electrons. The second-order valence-corrected chi connectivity index (χ2v) is 4.30. The summed E-state index contributed by atoms with van der Waals surface area (Å²) < 4.78 is 0. The van der Waals surface area contributed by atoms with Gasteiger partial charge in [-0.05, 0) is 6.42 Å². The van der Waals surface area contributed by atoms with Crippen LogP contribution in [-0.4, -0.2) is 28.0 Å². The lowest BCUT2D eigenvalue weighted by molar-refractivity contribution is -0.138. The number of benzene rings is 1. The molecule has 0 saturated heterocycles. The molecule has 0 amide bonds. The molecule has 1 atom stereocenters. The van der Waals surface area contributed by atoms with E-state index in [0.29, 0.717) is 17.7 Å². The van der Waals surface area contributed by atoms with Crippen molar-refractivity contribution in [1.82, 2.24) is 0 Å². The monoisotopic (exact) mass is 239 g/mol. The highest BCUT2D eigenvalue weighted by Gasteiger charge is 2.12. The summed E-state index contributed by atoms with van der Waals surface area (Å²) in [6, 6.07) is 7.98.